The highest BCUT2D eigenvalue weighted by molar-refractivity contribution is 14.1. The maximum Gasteiger partial charge on any atom is 0.265 e. The van der Waals surface area contributed by atoms with Gasteiger partial charge in [-0.25, -0.2) is 13.8 Å². The molecule has 0 fully saturated rings. The summed E-state index contributed by atoms with van der Waals surface area (Å²) in [7, 11) is 0. The van der Waals surface area contributed by atoms with Crippen molar-refractivity contribution in [3.63, 3.8) is 0 Å². The first kappa shape index (κ1) is 10.6. The molecule has 0 saturated heterocycles. The number of pyridine rings is 1. The molecule has 0 saturated carbocycles. The molecule has 0 bridgehead atoms. The Bertz CT molecular complexity index is 317. The SMILES string of the molecule is NCc1cc(C(F)F)c(I)c(N)n1. The number of hydrogen-bond donors (Lipinski definition) is 2. The van der Waals surface area contributed by atoms with Gasteiger partial charge in [-0.2, -0.15) is 0 Å². The second-order valence-corrected chi connectivity index (χ2v) is 3.49. The van der Waals surface area contributed by atoms with Crippen LogP contribution in [0.3, 0.4) is 0 Å². The van der Waals surface area contributed by atoms with Crippen LogP contribution in [0.5, 0.6) is 0 Å². The molecular weight excluding hydrogens is 291 g/mol. The van der Waals surface area contributed by atoms with E-state index in [2.05, 4.69) is 4.98 Å². The van der Waals surface area contributed by atoms with Gasteiger partial charge in [-0.1, -0.05) is 0 Å². The fourth-order valence-electron chi connectivity index (χ4n) is 0.890. The first-order chi connectivity index (χ1) is 6.06. The molecule has 4 N–H and O–H groups in total. The number of alkyl halides is 2. The molecular formula is C7H8F2IN3. The molecule has 0 aliphatic carbocycles. The summed E-state index contributed by atoms with van der Waals surface area (Å²) in [6, 6.07) is 1.28. The predicted octanol–water partition coefficient (Wildman–Crippen LogP) is 1.66. The average Bonchev–Trinajstić information content (AvgIpc) is 2.09. The Kier molecular flexibility index (Phi) is 3.37. The van der Waals surface area contributed by atoms with Crippen molar-refractivity contribution in [2.45, 2.75) is 13.0 Å². The van der Waals surface area contributed by atoms with Crippen molar-refractivity contribution in [1.29, 1.82) is 0 Å². The molecule has 6 heteroatoms. The quantitative estimate of drug-likeness (QED) is 0.816. The highest BCUT2D eigenvalue weighted by atomic mass is 127. The lowest BCUT2D eigenvalue weighted by atomic mass is 10.2. The molecule has 0 amide bonds. The molecule has 0 spiro atoms. The van der Waals surface area contributed by atoms with Crippen molar-refractivity contribution >= 4 is 28.4 Å². The number of nitrogens with two attached hydrogens (primary N) is 2. The molecule has 1 rings (SSSR count). The number of nitrogens with zero attached hydrogens (tertiary/aromatic N) is 1. The topological polar surface area (TPSA) is 64.9 Å². The van der Waals surface area contributed by atoms with Gasteiger partial charge >= 0.3 is 0 Å². The van der Waals surface area contributed by atoms with E-state index in [0.717, 1.165) is 0 Å². The van der Waals surface area contributed by atoms with E-state index >= 15 is 0 Å². The van der Waals surface area contributed by atoms with Gasteiger partial charge < -0.3 is 11.5 Å². The van der Waals surface area contributed by atoms with E-state index in [0.29, 0.717) is 9.26 Å². The fraction of sp³-hybridized carbons (Fsp3) is 0.286. The molecule has 72 valence electrons. The van der Waals surface area contributed by atoms with Gasteiger partial charge in [-0.05, 0) is 28.7 Å². The smallest absolute Gasteiger partial charge is 0.265 e. The van der Waals surface area contributed by atoms with Crippen molar-refractivity contribution in [2.24, 2.45) is 5.73 Å². The summed E-state index contributed by atoms with van der Waals surface area (Å²) in [6.07, 6.45) is -2.54. The zero-order valence-electron chi connectivity index (χ0n) is 6.60. The van der Waals surface area contributed by atoms with E-state index in [-0.39, 0.29) is 17.9 Å². The molecule has 0 aliphatic rings. The molecule has 3 nitrogen and oxygen atoms in total. The summed E-state index contributed by atoms with van der Waals surface area (Å²) in [4.78, 5) is 3.85. The zero-order chi connectivity index (χ0) is 10.0. The number of rotatable bonds is 2. The largest absolute Gasteiger partial charge is 0.383 e. The second-order valence-electron chi connectivity index (χ2n) is 2.41. The standard InChI is InChI=1S/C7H8F2IN3/c8-6(9)4-1-3(2-11)13-7(12)5(4)10/h1,6H,2,11H2,(H2,12,13). The third-order valence-electron chi connectivity index (χ3n) is 1.51. The Morgan fingerprint density at radius 2 is 2.15 bits per heavy atom. The van der Waals surface area contributed by atoms with Crippen molar-refractivity contribution in [1.82, 2.24) is 4.98 Å². The minimum Gasteiger partial charge on any atom is -0.383 e. The number of halogens is 3. The molecule has 1 aromatic heterocycles. The summed E-state index contributed by atoms with van der Waals surface area (Å²) in [5, 5.41) is 0. The van der Waals surface area contributed by atoms with Crippen molar-refractivity contribution < 1.29 is 8.78 Å². The highest BCUT2D eigenvalue weighted by Crippen LogP contribution is 2.27. The van der Waals surface area contributed by atoms with Gasteiger partial charge in [0.1, 0.15) is 5.82 Å². The molecule has 1 aromatic rings. The molecule has 0 unspecified atom stereocenters. The summed E-state index contributed by atoms with van der Waals surface area (Å²) in [5.41, 5.74) is 11.0. The van der Waals surface area contributed by atoms with Gasteiger partial charge in [0.15, 0.2) is 0 Å². The van der Waals surface area contributed by atoms with Gasteiger partial charge in [-0.15, -0.1) is 0 Å². The monoisotopic (exact) mass is 299 g/mol. The number of nitrogen functional groups attached to an aromatic ring is 1. The van der Waals surface area contributed by atoms with Crippen LogP contribution in [0.1, 0.15) is 17.7 Å². The van der Waals surface area contributed by atoms with Crippen molar-refractivity contribution in [3.8, 4) is 0 Å². The number of anilines is 1. The Hall–Kier alpha value is -0.500. The highest BCUT2D eigenvalue weighted by Gasteiger charge is 2.15. The molecule has 0 radical (unpaired) electrons. The van der Waals surface area contributed by atoms with Gasteiger partial charge in [0, 0.05) is 12.1 Å². The minimum atomic E-state index is -2.54. The summed E-state index contributed by atoms with van der Waals surface area (Å²) in [6.45, 7) is 0.112. The van der Waals surface area contributed by atoms with Gasteiger partial charge in [0.25, 0.3) is 6.43 Å². The van der Waals surface area contributed by atoms with Crippen molar-refractivity contribution in [2.75, 3.05) is 5.73 Å². The Morgan fingerprint density at radius 1 is 1.54 bits per heavy atom. The number of aromatic nitrogens is 1. The molecule has 0 aliphatic heterocycles. The van der Waals surface area contributed by atoms with E-state index in [1.165, 1.54) is 6.07 Å². The summed E-state index contributed by atoms with van der Waals surface area (Å²) < 4.78 is 25.1. The molecule has 13 heavy (non-hydrogen) atoms. The van der Waals surface area contributed by atoms with Crippen LogP contribution >= 0.6 is 22.6 Å². The van der Waals surface area contributed by atoms with Crippen LogP contribution in [0, 0.1) is 3.57 Å². The lowest BCUT2D eigenvalue weighted by Gasteiger charge is -2.07. The summed E-state index contributed by atoms with van der Waals surface area (Å²) in [5.74, 6) is 0.110. The lowest BCUT2D eigenvalue weighted by Crippen LogP contribution is -2.06. The van der Waals surface area contributed by atoms with E-state index in [1.54, 1.807) is 22.6 Å². The molecule has 1 heterocycles. The van der Waals surface area contributed by atoms with Crippen LogP contribution in [0.2, 0.25) is 0 Å². The number of hydrogen-bond acceptors (Lipinski definition) is 3. The van der Waals surface area contributed by atoms with Crippen LogP contribution in [-0.2, 0) is 6.54 Å². The van der Waals surface area contributed by atoms with Gasteiger partial charge in [0.2, 0.25) is 0 Å². The van der Waals surface area contributed by atoms with Crippen LogP contribution < -0.4 is 11.5 Å². The van der Waals surface area contributed by atoms with E-state index in [4.69, 9.17) is 11.5 Å². The molecule has 0 atom stereocenters. The van der Waals surface area contributed by atoms with Crippen LogP contribution in [0.25, 0.3) is 0 Å². The van der Waals surface area contributed by atoms with Crippen LogP contribution in [0.4, 0.5) is 14.6 Å². The fourth-order valence-corrected chi connectivity index (χ4v) is 1.40. The van der Waals surface area contributed by atoms with Crippen LogP contribution in [0.15, 0.2) is 6.07 Å². The average molecular weight is 299 g/mol. The van der Waals surface area contributed by atoms with E-state index in [1.807, 2.05) is 0 Å². The third kappa shape index (κ3) is 2.25. The first-order valence-corrected chi connectivity index (χ1v) is 4.57. The summed E-state index contributed by atoms with van der Waals surface area (Å²) >= 11 is 1.74. The lowest BCUT2D eigenvalue weighted by molar-refractivity contribution is 0.150. The predicted molar refractivity (Wildman–Crippen MR) is 54.2 cm³/mol. The third-order valence-corrected chi connectivity index (χ3v) is 2.68. The normalized spacial score (nSPS) is 10.8. The Morgan fingerprint density at radius 3 is 2.62 bits per heavy atom. The maximum atomic E-state index is 12.4. The molecule has 0 aromatic carbocycles. The minimum absolute atomic E-state index is 0.103. The Labute approximate surface area is 87.7 Å². The van der Waals surface area contributed by atoms with Gasteiger partial charge in [-0.3, -0.25) is 0 Å². The zero-order valence-corrected chi connectivity index (χ0v) is 8.76. The van der Waals surface area contributed by atoms with E-state index < -0.39 is 6.43 Å². The first-order valence-electron chi connectivity index (χ1n) is 3.49. The van der Waals surface area contributed by atoms with E-state index in [9.17, 15) is 8.78 Å². The van der Waals surface area contributed by atoms with Gasteiger partial charge in [0.05, 0.1) is 9.26 Å². The second kappa shape index (κ2) is 4.14. The van der Waals surface area contributed by atoms with Crippen molar-refractivity contribution in [3.05, 3.63) is 20.9 Å². The Balaban J connectivity index is 3.25. The maximum absolute atomic E-state index is 12.4. The van der Waals surface area contributed by atoms with Crippen LogP contribution in [-0.4, -0.2) is 4.98 Å².